The van der Waals surface area contributed by atoms with Crippen molar-refractivity contribution in [3.8, 4) is 0 Å². The summed E-state index contributed by atoms with van der Waals surface area (Å²) in [6, 6.07) is 12.8. The molecule has 0 saturated carbocycles. The Labute approximate surface area is 171 Å². The van der Waals surface area contributed by atoms with E-state index in [1.165, 1.54) is 30.3 Å². The summed E-state index contributed by atoms with van der Waals surface area (Å²) < 4.78 is 26.4. The van der Waals surface area contributed by atoms with E-state index in [9.17, 15) is 13.2 Å². The monoisotopic (exact) mass is 421 g/mol. The Balaban J connectivity index is 1.66. The van der Waals surface area contributed by atoms with Crippen molar-refractivity contribution in [3.05, 3.63) is 64.2 Å². The van der Waals surface area contributed by atoms with Gasteiger partial charge in [-0.15, -0.1) is 0 Å². The third-order valence-corrected chi connectivity index (χ3v) is 6.78. The first kappa shape index (κ1) is 20.8. The molecule has 1 N–H and O–H groups in total. The molecule has 0 unspecified atom stereocenters. The number of carbonyl (C=O) groups excluding carboxylic acids is 1. The van der Waals surface area contributed by atoms with E-state index in [1.54, 1.807) is 11.0 Å². The van der Waals surface area contributed by atoms with Gasteiger partial charge in [0.05, 0.1) is 5.02 Å². The van der Waals surface area contributed by atoms with Crippen LogP contribution in [0.4, 0.5) is 0 Å². The van der Waals surface area contributed by atoms with E-state index >= 15 is 0 Å². The van der Waals surface area contributed by atoms with Crippen LogP contribution in [0.15, 0.2) is 47.4 Å². The molecular formula is C20H24ClN3O3S. The Hall–Kier alpha value is -1.93. The first-order valence-corrected chi connectivity index (χ1v) is 11.0. The maximum Gasteiger partial charge on any atom is 0.253 e. The van der Waals surface area contributed by atoms with Crippen LogP contribution in [0, 0.1) is 6.92 Å². The number of piperazine rings is 1. The van der Waals surface area contributed by atoms with Crippen molar-refractivity contribution in [2.75, 3.05) is 33.2 Å². The van der Waals surface area contributed by atoms with Gasteiger partial charge < -0.3 is 4.90 Å². The van der Waals surface area contributed by atoms with Gasteiger partial charge in [0.1, 0.15) is 4.90 Å². The van der Waals surface area contributed by atoms with Crippen LogP contribution >= 0.6 is 11.6 Å². The second-order valence-corrected chi connectivity index (χ2v) is 9.17. The zero-order valence-corrected chi connectivity index (χ0v) is 17.6. The standard InChI is InChI=1S/C20H24ClN3O3S/c1-15-4-3-5-16(12-15)14-23-8-10-24(11-9-23)20(25)17-6-7-18(21)19(13-17)28(26,27)22-2/h3-7,12-13,22H,8-11,14H2,1-2H3. The zero-order valence-electron chi connectivity index (χ0n) is 16.0. The summed E-state index contributed by atoms with van der Waals surface area (Å²) in [7, 11) is -2.41. The summed E-state index contributed by atoms with van der Waals surface area (Å²) in [5.41, 5.74) is 2.83. The van der Waals surface area contributed by atoms with Crippen LogP contribution in [0.25, 0.3) is 0 Å². The number of carbonyl (C=O) groups is 1. The number of halogens is 1. The van der Waals surface area contributed by atoms with E-state index in [4.69, 9.17) is 11.6 Å². The van der Waals surface area contributed by atoms with Crippen molar-refractivity contribution in [2.24, 2.45) is 0 Å². The molecule has 1 fully saturated rings. The molecule has 2 aromatic rings. The molecule has 0 aromatic heterocycles. The highest BCUT2D eigenvalue weighted by atomic mass is 35.5. The molecule has 1 aliphatic rings. The molecule has 0 spiro atoms. The molecular weight excluding hydrogens is 398 g/mol. The predicted octanol–water partition coefficient (Wildman–Crippen LogP) is 2.51. The normalized spacial score (nSPS) is 15.6. The van der Waals surface area contributed by atoms with Crippen LogP contribution in [0.1, 0.15) is 21.5 Å². The lowest BCUT2D eigenvalue weighted by Gasteiger charge is -2.35. The van der Waals surface area contributed by atoms with Crippen molar-refractivity contribution in [2.45, 2.75) is 18.4 Å². The lowest BCUT2D eigenvalue weighted by molar-refractivity contribution is 0.0628. The van der Waals surface area contributed by atoms with Gasteiger partial charge >= 0.3 is 0 Å². The fourth-order valence-electron chi connectivity index (χ4n) is 3.31. The molecule has 3 rings (SSSR count). The molecule has 0 bridgehead atoms. The average Bonchev–Trinajstić information content (AvgIpc) is 2.68. The number of benzene rings is 2. The molecule has 1 amide bonds. The quantitative estimate of drug-likeness (QED) is 0.805. The highest BCUT2D eigenvalue weighted by Crippen LogP contribution is 2.23. The molecule has 28 heavy (non-hydrogen) atoms. The van der Waals surface area contributed by atoms with Crippen molar-refractivity contribution < 1.29 is 13.2 Å². The molecule has 6 nitrogen and oxygen atoms in total. The van der Waals surface area contributed by atoms with E-state index in [2.05, 4.69) is 40.8 Å². The molecule has 0 atom stereocenters. The maximum atomic E-state index is 12.8. The fraction of sp³-hybridized carbons (Fsp3) is 0.350. The Morgan fingerprint density at radius 1 is 1.11 bits per heavy atom. The number of aryl methyl sites for hydroxylation is 1. The summed E-state index contributed by atoms with van der Waals surface area (Å²) >= 11 is 6.01. The Morgan fingerprint density at radius 3 is 2.46 bits per heavy atom. The number of hydrogen-bond donors (Lipinski definition) is 1. The lowest BCUT2D eigenvalue weighted by atomic mass is 10.1. The molecule has 8 heteroatoms. The molecule has 0 aliphatic carbocycles. The van der Waals surface area contributed by atoms with Crippen molar-refractivity contribution in [3.63, 3.8) is 0 Å². The van der Waals surface area contributed by atoms with Gasteiger partial charge in [-0.05, 0) is 37.7 Å². The summed E-state index contributed by atoms with van der Waals surface area (Å²) in [5.74, 6) is -0.181. The largest absolute Gasteiger partial charge is 0.336 e. The SMILES string of the molecule is CNS(=O)(=O)c1cc(C(=O)N2CCN(Cc3cccc(C)c3)CC2)ccc1Cl. The van der Waals surface area contributed by atoms with Gasteiger partial charge in [-0.1, -0.05) is 41.4 Å². The van der Waals surface area contributed by atoms with Crippen molar-refractivity contribution in [1.82, 2.24) is 14.5 Å². The second kappa shape index (κ2) is 8.61. The van der Waals surface area contributed by atoms with Gasteiger partial charge in [-0.2, -0.15) is 0 Å². The summed E-state index contributed by atoms with van der Waals surface area (Å²) in [4.78, 5) is 16.8. The smallest absolute Gasteiger partial charge is 0.253 e. The molecule has 150 valence electrons. The van der Waals surface area contributed by atoms with Crippen LogP contribution in [-0.2, 0) is 16.6 Å². The highest BCUT2D eigenvalue weighted by molar-refractivity contribution is 7.89. The van der Waals surface area contributed by atoms with Gasteiger partial charge in [0.15, 0.2) is 0 Å². The Bertz CT molecular complexity index is 970. The van der Waals surface area contributed by atoms with E-state index in [-0.39, 0.29) is 15.8 Å². The van der Waals surface area contributed by atoms with Gasteiger partial charge in [0.2, 0.25) is 10.0 Å². The molecule has 0 radical (unpaired) electrons. The Morgan fingerprint density at radius 2 is 1.82 bits per heavy atom. The third kappa shape index (κ3) is 4.72. The first-order valence-electron chi connectivity index (χ1n) is 9.10. The molecule has 1 heterocycles. The number of nitrogens with zero attached hydrogens (tertiary/aromatic N) is 2. The zero-order chi connectivity index (χ0) is 20.3. The molecule has 1 aliphatic heterocycles. The van der Waals surface area contributed by atoms with E-state index in [1.807, 2.05) is 0 Å². The number of sulfonamides is 1. The number of hydrogen-bond acceptors (Lipinski definition) is 4. The van der Waals surface area contributed by atoms with Crippen molar-refractivity contribution >= 4 is 27.5 Å². The highest BCUT2D eigenvalue weighted by Gasteiger charge is 2.24. The minimum absolute atomic E-state index is 0.0828. The summed E-state index contributed by atoms with van der Waals surface area (Å²) in [6.07, 6.45) is 0. The first-order chi connectivity index (χ1) is 13.3. The van der Waals surface area contributed by atoms with Crippen LogP contribution in [0.3, 0.4) is 0 Å². The summed E-state index contributed by atoms with van der Waals surface area (Å²) in [6.45, 7) is 5.68. The van der Waals surface area contributed by atoms with Crippen LogP contribution in [-0.4, -0.2) is 57.4 Å². The lowest BCUT2D eigenvalue weighted by Crippen LogP contribution is -2.48. The fourth-order valence-corrected chi connectivity index (χ4v) is 4.56. The van der Waals surface area contributed by atoms with Gasteiger partial charge in [-0.3, -0.25) is 9.69 Å². The Kier molecular flexibility index (Phi) is 6.40. The third-order valence-electron chi connectivity index (χ3n) is 4.88. The second-order valence-electron chi connectivity index (χ2n) is 6.91. The molecule has 2 aromatic carbocycles. The van der Waals surface area contributed by atoms with E-state index < -0.39 is 10.0 Å². The predicted molar refractivity (Wildman–Crippen MR) is 110 cm³/mol. The van der Waals surface area contributed by atoms with E-state index in [0.717, 1.165) is 19.6 Å². The minimum atomic E-state index is -3.72. The topological polar surface area (TPSA) is 69.7 Å². The van der Waals surface area contributed by atoms with Crippen molar-refractivity contribution in [1.29, 1.82) is 0 Å². The molecule has 1 saturated heterocycles. The van der Waals surface area contributed by atoms with Crippen LogP contribution in [0.5, 0.6) is 0 Å². The average molecular weight is 422 g/mol. The van der Waals surface area contributed by atoms with E-state index in [0.29, 0.717) is 18.7 Å². The van der Waals surface area contributed by atoms with Gasteiger partial charge in [0.25, 0.3) is 5.91 Å². The van der Waals surface area contributed by atoms with Crippen LogP contribution < -0.4 is 4.72 Å². The van der Waals surface area contributed by atoms with Gasteiger partial charge in [0, 0.05) is 38.3 Å². The number of nitrogens with one attached hydrogen (secondary N) is 1. The van der Waals surface area contributed by atoms with Gasteiger partial charge in [-0.25, -0.2) is 13.1 Å². The summed E-state index contributed by atoms with van der Waals surface area (Å²) in [5, 5.41) is 0.0915. The minimum Gasteiger partial charge on any atom is -0.336 e. The van der Waals surface area contributed by atoms with Crippen LogP contribution in [0.2, 0.25) is 5.02 Å². The number of rotatable bonds is 5. The number of amides is 1. The maximum absolute atomic E-state index is 12.8.